The minimum absolute atomic E-state index is 0.227. The summed E-state index contributed by atoms with van der Waals surface area (Å²) in [4.78, 5) is 15.2. The van der Waals surface area contributed by atoms with Gasteiger partial charge in [-0.15, -0.1) is 0 Å². The zero-order valence-electron chi connectivity index (χ0n) is 10.4. The van der Waals surface area contributed by atoms with E-state index >= 15 is 0 Å². The van der Waals surface area contributed by atoms with Gasteiger partial charge in [-0.2, -0.15) is 13.2 Å². The van der Waals surface area contributed by atoms with Gasteiger partial charge in [0.05, 0.1) is 16.3 Å². The molecule has 0 aliphatic heterocycles. The zero-order valence-corrected chi connectivity index (χ0v) is 11.2. The molecule has 0 aromatic carbocycles. The van der Waals surface area contributed by atoms with Gasteiger partial charge in [0.2, 0.25) is 0 Å². The standard InChI is InChI=1S/C12H9ClF3N3O2/c13-9-5-7(12(14,15)16)6-18-10(9)11(20)17-3-1-8-2-4-21-19-8/h2,4-6H,1,3H2,(H,17,20). The summed E-state index contributed by atoms with van der Waals surface area (Å²) < 4.78 is 42.0. The van der Waals surface area contributed by atoms with Gasteiger partial charge in [0.15, 0.2) is 0 Å². The monoisotopic (exact) mass is 319 g/mol. The topological polar surface area (TPSA) is 68.0 Å². The molecule has 2 heterocycles. The van der Waals surface area contributed by atoms with Gasteiger partial charge in [0.1, 0.15) is 12.0 Å². The lowest BCUT2D eigenvalue weighted by molar-refractivity contribution is -0.137. The number of carbonyl (C=O) groups excluding carboxylic acids is 1. The van der Waals surface area contributed by atoms with E-state index in [4.69, 9.17) is 11.6 Å². The van der Waals surface area contributed by atoms with Crippen molar-refractivity contribution >= 4 is 17.5 Å². The molecule has 1 N–H and O–H groups in total. The maximum atomic E-state index is 12.4. The lowest BCUT2D eigenvalue weighted by Crippen LogP contribution is -2.27. The molecule has 112 valence electrons. The predicted molar refractivity (Wildman–Crippen MR) is 66.8 cm³/mol. The van der Waals surface area contributed by atoms with E-state index in [1.54, 1.807) is 6.07 Å². The number of nitrogens with zero attached hydrogens (tertiary/aromatic N) is 2. The highest BCUT2D eigenvalue weighted by Crippen LogP contribution is 2.30. The van der Waals surface area contributed by atoms with Crippen LogP contribution in [0, 0.1) is 0 Å². The molecule has 0 atom stereocenters. The van der Waals surface area contributed by atoms with Crippen LogP contribution in [0.15, 0.2) is 29.1 Å². The maximum Gasteiger partial charge on any atom is 0.417 e. The van der Waals surface area contributed by atoms with Gasteiger partial charge in [-0.05, 0) is 6.07 Å². The highest BCUT2D eigenvalue weighted by atomic mass is 35.5. The van der Waals surface area contributed by atoms with Crippen molar-refractivity contribution in [3.8, 4) is 0 Å². The second-order valence-electron chi connectivity index (χ2n) is 4.05. The third-order valence-electron chi connectivity index (χ3n) is 2.54. The Balaban J connectivity index is 1.99. The number of amides is 1. The first-order valence-corrected chi connectivity index (χ1v) is 6.16. The number of hydrogen-bond acceptors (Lipinski definition) is 4. The van der Waals surface area contributed by atoms with E-state index < -0.39 is 17.6 Å². The Hall–Kier alpha value is -2.09. The Morgan fingerprint density at radius 3 is 2.76 bits per heavy atom. The van der Waals surface area contributed by atoms with Crippen molar-refractivity contribution in [2.45, 2.75) is 12.6 Å². The summed E-state index contributed by atoms with van der Waals surface area (Å²) in [7, 11) is 0. The first kappa shape index (κ1) is 15.3. The van der Waals surface area contributed by atoms with Crippen LogP contribution in [0.25, 0.3) is 0 Å². The number of aromatic nitrogens is 2. The summed E-state index contributed by atoms with van der Waals surface area (Å²) in [5, 5.41) is 5.78. The molecule has 2 aromatic rings. The lowest BCUT2D eigenvalue weighted by Gasteiger charge is -2.09. The van der Waals surface area contributed by atoms with E-state index in [-0.39, 0.29) is 17.3 Å². The molecule has 5 nitrogen and oxygen atoms in total. The minimum Gasteiger partial charge on any atom is -0.365 e. The van der Waals surface area contributed by atoms with E-state index in [9.17, 15) is 18.0 Å². The Morgan fingerprint density at radius 1 is 1.43 bits per heavy atom. The SMILES string of the molecule is O=C(NCCc1ccon1)c1ncc(C(F)(F)F)cc1Cl. The summed E-state index contributed by atoms with van der Waals surface area (Å²) in [6.45, 7) is 0.227. The highest BCUT2D eigenvalue weighted by molar-refractivity contribution is 6.33. The highest BCUT2D eigenvalue weighted by Gasteiger charge is 2.32. The van der Waals surface area contributed by atoms with Gasteiger partial charge in [-0.1, -0.05) is 16.8 Å². The smallest absolute Gasteiger partial charge is 0.365 e. The van der Waals surface area contributed by atoms with E-state index in [2.05, 4.69) is 20.0 Å². The molecule has 0 unspecified atom stereocenters. The minimum atomic E-state index is -4.56. The average Bonchev–Trinajstić information content (AvgIpc) is 2.90. The normalized spacial score (nSPS) is 11.4. The fraction of sp³-hybridized carbons (Fsp3) is 0.250. The van der Waals surface area contributed by atoms with Gasteiger partial charge in [0.25, 0.3) is 5.91 Å². The van der Waals surface area contributed by atoms with Crippen LogP contribution in [0.1, 0.15) is 21.7 Å². The molecule has 9 heteroatoms. The maximum absolute atomic E-state index is 12.4. The molecule has 0 saturated heterocycles. The van der Waals surface area contributed by atoms with Crippen molar-refractivity contribution in [2.75, 3.05) is 6.54 Å². The van der Waals surface area contributed by atoms with Crippen LogP contribution in [0.3, 0.4) is 0 Å². The molecule has 0 aliphatic rings. The predicted octanol–water partition coefficient (Wildman–Crippen LogP) is 2.71. The molecule has 1 amide bonds. The third kappa shape index (κ3) is 3.94. The third-order valence-corrected chi connectivity index (χ3v) is 2.83. The molecule has 2 rings (SSSR count). The van der Waals surface area contributed by atoms with Gasteiger partial charge in [0, 0.05) is 25.2 Å². The number of alkyl halides is 3. The molecule has 0 saturated carbocycles. The van der Waals surface area contributed by atoms with Crippen molar-refractivity contribution in [1.29, 1.82) is 0 Å². The van der Waals surface area contributed by atoms with E-state index in [1.807, 2.05) is 0 Å². The molecule has 0 radical (unpaired) electrons. The van der Waals surface area contributed by atoms with Gasteiger partial charge < -0.3 is 9.84 Å². The van der Waals surface area contributed by atoms with Crippen LogP contribution in [-0.4, -0.2) is 22.6 Å². The number of nitrogens with one attached hydrogen (secondary N) is 1. The number of hydrogen-bond donors (Lipinski definition) is 1. The Labute approximate surface area is 122 Å². The van der Waals surface area contributed by atoms with Crippen LogP contribution in [0.5, 0.6) is 0 Å². The van der Waals surface area contributed by atoms with Gasteiger partial charge in [-0.3, -0.25) is 4.79 Å². The van der Waals surface area contributed by atoms with Crippen LogP contribution in [0.4, 0.5) is 13.2 Å². The first-order valence-electron chi connectivity index (χ1n) is 5.78. The van der Waals surface area contributed by atoms with Gasteiger partial charge in [-0.25, -0.2) is 4.98 Å². The summed E-state index contributed by atoms with van der Waals surface area (Å²) in [6, 6.07) is 2.30. The fourth-order valence-corrected chi connectivity index (χ4v) is 1.77. The Bertz CT molecular complexity index is 629. The van der Waals surface area contributed by atoms with Crippen molar-refractivity contribution in [2.24, 2.45) is 0 Å². The summed E-state index contributed by atoms with van der Waals surface area (Å²) >= 11 is 5.66. The molecular weight excluding hydrogens is 311 g/mol. The quantitative estimate of drug-likeness (QED) is 0.941. The average molecular weight is 320 g/mol. The Kier molecular flexibility index (Phi) is 4.46. The van der Waals surface area contributed by atoms with E-state index in [0.717, 1.165) is 0 Å². The molecule has 0 fully saturated rings. The van der Waals surface area contributed by atoms with E-state index in [0.29, 0.717) is 24.4 Å². The molecule has 21 heavy (non-hydrogen) atoms. The lowest BCUT2D eigenvalue weighted by atomic mass is 10.2. The largest absolute Gasteiger partial charge is 0.417 e. The molecule has 0 aliphatic carbocycles. The van der Waals surface area contributed by atoms with Crippen LogP contribution in [0.2, 0.25) is 5.02 Å². The molecular formula is C12H9ClF3N3O2. The summed E-state index contributed by atoms with van der Waals surface area (Å²) in [6.07, 6.45) is -2.18. The van der Waals surface area contributed by atoms with Crippen molar-refractivity contribution in [1.82, 2.24) is 15.5 Å². The first-order chi connectivity index (χ1) is 9.88. The number of rotatable bonds is 4. The van der Waals surface area contributed by atoms with Crippen molar-refractivity contribution < 1.29 is 22.5 Å². The summed E-state index contributed by atoms with van der Waals surface area (Å²) in [5.41, 5.74) is -0.627. The molecule has 0 spiro atoms. The molecule has 0 bridgehead atoms. The molecule has 2 aromatic heterocycles. The van der Waals surface area contributed by atoms with Crippen LogP contribution in [-0.2, 0) is 12.6 Å². The van der Waals surface area contributed by atoms with Crippen LogP contribution < -0.4 is 5.32 Å². The Morgan fingerprint density at radius 2 is 2.19 bits per heavy atom. The fourth-order valence-electron chi connectivity index (χ4n) is 1.51. The summed E-state index contributed by atoms with van der Waals surface area (Å²) in [5.74, 6) is -0.655. The van der Waals surface area contributed by atoms with Crippen molar-refractivity contribution in [3.05, 3.63) is 46.6 Å². The second kappa shape index (κ2) is 6.13. The van der Waals surface area contributed by atoms with Crippen molar-refractivity contribution in [3.63, 3.8) is 0 Å². The number of carbonyl (C=O) groups is 1. The number of pyridine rings is 1. The second-order valence-corrected chi connectivity index (χ2v) is 4.46. The van der Waals surface area contributed by atoms with Gasteiger partial charge >= 0.3 is 6.18 Å². The van der Waals surface area contributed by atoms with E-state index in [1.165, 1.54) is 6.26 Å². The van der Waals surface area contributed by atoms with Crippen LogP contribution >= 0.6 is 11.6 Å². The number of halogens is 4. The zero-order chi connectivity index (χ0) is 15.5.